The van der Waals surface area contributed by atoms with Gasteiger partial charge in [0.2, 0.25) is 11.9 Å². The normalized spacial score (nSPS) is 14.7. The van der Waals surface area contributed by atoms with Crippen LogP contribution < -0.4 is 4.90 Å². The topological polar surface area (TPSA) is 66.4 Å². The molecule has 0 N–H and O–H groups in total. The number of Topliss-reactive ketones (excluding diaryl/α,β-unsaturated/α-hetero) is 1. The first-order valence-corrected chi connectivity index (χ1v) is 8.98. The van der Waals surface area contributed by atoms with Crippen molar-refractivity contribution in [3.63, 3.8) is 0 Å². The van der Waals surface area contributed by atoms with Gasteiger partial charge in [0, 0.05) is 51.4 Å². The molecule has 126 valence electrons. The minimum atomic E-state index is 0.127. The molecule has 1 aliphatic rings. The minimum Gasteiger partial charge on any atom is -0.339 e. The van der Waals surface area contributed by atoms with Crippen LogP contribution in [-0.2, 0) is 4.79 Å². The van der Waals surface area contributed by atoms with Crippen LogP contribution in [0.15, 0.2) is 36.0 Å². The highest BCUT2D eigenvalue weighted by Crippen LogP contribution is 2.15. The van der Waals surface area contributed by atoms with E-state index in [2.05, 4.69) is 14.9 Å². The summed E-state index contributed by atoms with van der Waals surface area (Å²) in [6.45, 7) is 2.83. The van der Waals surface area contributed by atoms with Gasteiger partial charge in [-0.2, -0.15) is 0 Å². The molecule has 0 spiro atoms. The maximum atomic E-state index is 12.3. The summed E-state index contributed by atoms with van der Waals surface area (Å²) in [6.07, 6.45) is 4.93. The van der Waals surface area contributed by atoms with Gasteiger partial charge in [-0.15, -0.1) is 11.3 Å². The predicted octanol–water partition coefficient (Wildman–Crippen LogP) is 2.24. The van der Waals surface area contributed by atoms with Gasteiger partial charge in [0.25, 0.3) is 0 Å². The van der Waals surface area contributed by atoms with E-state index in [1.54, 1.807) is 18.5 Å². The average Bonchev–Trinajstić information content (AvgIpc) is 3.17. The number of ketones is 1. The quantitative estimate of drug-likeness (QED) is 0.752. The first-order chi connectivity index (χ1) is 11.7. The largest absolute Gasteiger partial charge is 0.339 e. The third-order valence-electron chi connectivity index (χ3n) is 4.06. The molecule has 6 nitrogen and oxygen atoms in total. The lowest BCUT2D eigenvalue weighted by Crippen LogP contribution is -2.49. The summed E-state index contributed by atoms with van der Waals surface area (Å²) >= 11 is 1.45. The van der Waals surface area contributed by atoms with Crippen LogP contribution in [-0.4, -0.2) is 52.7 Å². The smallest absolute Gasteiger partial charge is 0.225 e. The second-order valence-corrected chi connectivity index (χ2v) is 6.62. The lowest BCUT2D eigenvalue weighted by Gasteiger charge is -2.34. The van der Waals surface area contributed by atoms with Crippen LogP contribution in [0.25, 0.3) is 0 Å². The zero-order valence-electron chi connectivity index (χ0n) is 13.4. The molecule has 1 saturated heterocycles. The monoisotopic (exact) mass is 344 g/mol. The van der Waals surface area contributed by atoms with Crippen LogP contribution in [0.3, 0.4) is 0 Å². The van der Waals surface area contributed by atoms with Gasteiger partial charge < -0.3 is 9.80 Å². The Kier molecular flexibility index (Phi) is 5.53. The van der Waals surface area contributed by atoms with E-state index in [4.69, 9.17) is 0 Å². The number of rotatable bonds is 6. The number of thiophene rings is 1. The van der Waals surface area contributed by atoms with Crippen molar-refractivity contribution in [1.29, 1.82) is 0 Å². The van der Waals surface area contributed by atoms with E-state index in [0.717, 1.165) is 18.0 Å². The molecule has 1 aliphatic heterocycles. The highest BCUT2D eigenvalue weighted by atomic mass is 32.1. The molecule has 0 atom stereocenters. The standard InChI is InChI=1S/C17H20N4O2S/c22-14(15-5-2-13-24-15)4-1-6-16(23)20-9-11-21(12-10-20)17-18-7-3-8-19-17/h2-3,5,7-8,13H,1,4,6,9-12H2. The van der Waals surface area contributed by atoms with Gasteiger partial charge in [0.1, 0.15) is 0 Å². The molecule has 7 heteroatoms. The molecule has 1 amide bonds. The number of hydrogen-bond donors (Lipinski definition) is 0. The highest BCUT2D eigenvalue weighted by molar-refractivity contribution is 7.12. The van der Waals surface area contributed by atoms with E-state index in [9.17, 15) is 9.59 Å². The third kappa shape index (κ3) is 4.17. The van der Waals surface area contributed by atoms with Crippen LogP contribution in [0.1, 0.15) is 28.9 Å². The Hall–Kier alpha value is -2.28. The average molecular weight is 344 g/mol. The number of aromatic nitrogens is 2. The van der Waals surface area contributed by atoms with E-state index in [1.165, 1.54) is 11.3 Å². The summed E-state index contributed by atoms with van der Waals surface area (Å²) in [5.74, 6) is 0.970. The Morgan fingerprint density at radius 1 is 1.04 bits per heavy atom. The van der Waals surface area contributed by atoms with E-state index < -0.39 is 0 Å². The maximum absolute atomic E-state index is 12.3. The fourth-order valence-electron chi connectivity index (χ4n) is 2.73. The van der Waals surface area contributed by atoms with E-state index in [0.29, 0.717) is 38.3 Å². The van der Waals surface area contributed by atoms with Crippen LogP contribution in [0.2, 0.25) is 0 Å². The lowest BCUT2D eigenvalue weighted by molar-refractivity contribution is -0.131. The van der Waals surface area contributed by atoms with Crippen molar-refractivity contribution in [3.8, 4) is 0 Å². The maximum Gasteiger partial charge on any atom is 0.225 e. The van der Waals surface area contributed by atoms with Crippen LogP contribution in [0.4, 0.5) is 5.95 Å². The SMILES string of the molecule is O=C(CCCC(=O)N1CCN(c2ncccn2)CC1)c1cccs1. The summed E-state index contributed by atoms with van der Waals surface area (Å²) in [7, 11) is 0. The molecule has 0 bridgehead atoms. The second-order valence-electron chi connectivity index (χ2n) is 5.67. The van der Waals surface area contributed by atoms with Gasteiger partial charge in [0.05, 0.1) is 4.88 Å². The molecule has 0 saturated carbocycles. The Labute approximate surface area is 145 Å². The van der Waals surface area contributed by atoms with Crippen molar-refractivity contribution in [3.05, 3.63) is 40.8 Å². The molecule has 0 aliphatic carbocycles. The Balaban J connectivity index is 1.40. The summed E-state index contributed by atoms with van der Waals surface area (Å²) in [5.41, 5.74) is 0. The fraction of sp³-hybridized carbons (Fsp3) is 0.412. The zero-order valence-corrected chi connectivity index (χ0v) is 14.2. The summed E-state index contributed by atoms with van der Waals surface area (Å²) in [4.78, 5) is 37.4. The summed E-state index contributed by atoms with van der Waals surface area (Å²) in [6, 6.07) is 5.50. The molecular weight excluding hydrogens is 324 g/mol. The molecule has 0 radical (unpaired) electrons. The van der Waals surface area contributed by atoms with Crippen molar-refractivity contribution in [2.45, 2.75) is 19.3 Å². The first-order valence-electron chi connectivity index (χ1n) is 8.10. The Bertz CT molecular complexity index is 667. The Morgan fingerprint density at radius 3 is 2.46 bits per heavy atom. The molecule has 2 aromatic rings. The number of anilines is 1. The number of amides is 1. The van der Waals surface area contributed by atoms with Crippen molar-refractivity contribution in [2.24, 2.45) is 0 Å². The summed E-state index contributed by atoms with van der Waals surface area (Å²) < 4.78 is 0. The van der Waals surface area contributed by atoms with Crippen molar-refractivity contribution in [2.75, 3.05) is 31.1 Å². The molecule has 0 aromatic carbocycles. The fourth-order valence-corrected chi connectivity index (χ4v) is 3.42. The van der Waals surface area contributed by atoms with Gasteiger partial charge >= 0.3 is 0 Å². The molecular formula is C17H20N4O2S. The van der Waals surface area contributed by atoms with Gasteiger partial charge in [0.15, 0.2) is 5.78 Å². The predicted molar refractivity (Wildman–Crippen MR) is 93.3 cm³/mol. The molecule has 3 rings (SSSR count). The van der Waals surface area contributed by atoms with Crippen LogP contribution >= 0.6 is 11.3 Å². The molecule has 2 aromatic heterocycles. The van der Waals surface area contributed by atoms with E-state index in [-0.39, 0.29) is 11.7 Å². The van der Waals surface area contributed by atoms with Crippen LogP contribution in [0.5, 0.6) is 0 Å². The van der Waals surface area contributed by atoms with Crippen molar-refractivity contribution in [1.82, 2.24) is 14.9 Å². The number of carbonyl (C=O) groups excluding carboxylic acids is 2. The van der Waals surface area contributed by atoms with Crippen LogP contribution in [0, 0.1) is 0 Å². The van der Waals surface area contributed by atoms with Crippen molar-refractivity contribution < 1.29 is 9.59 Å². The number of nitrogens with zero attached hydrogens (tertiary/aromatic N) is 4. The summed E-state index contributed by atoms with van der Waals surface area (Å²) in [5, 5.41) is 1.90. The lowest BCUT2D eigenvalue weighted by atomic mass is 10.1. The number of carbonyl (C=O) groups is 2. The van der Waals surface area contributed by atoms with Gasteiger partial charge in [-0.3, -0.25) is 9.59 Å². The van der Waals surface area contributed by atoms with Gasteiger partial charge in [-0.05, 0) is 23.9 Å². The van der Waals surface area contributed by atoms with Gasteiger partial charge in [-0.1, -0.05) is 6.07 Å². The van der Waals surface area contributed by atoms with Crippen molar-refractivity contribution >= 4 is 29.0 Å². The molecule has 1 fully saturated rings. The minimum absolute atomic E-state index is 0.127. The Morgan fingerprint density at radius 2 is 1.79 bits per heavy atom. The third-order valence-corrected chi connectivity index (χ3v) is 4.97. The highest BCUT2D eigenvalue weighted by Gasteiger charge is 2.22. The molecule has 0 unspecified atom stereocenters. The zero-order chi connectivity index (χ0) is 16.8. The molecule has 3 heterocycles. The number of piperazine rings is 1. The second kappa shape index (κ2) is 8.01. The molecule has 24 heavy (non-hydrogen) atoms. The van der Waals surface area contributed by atoms with E-state index in [1.807, 2.05) is 22.4 Å². The van der Waals surface area contributed by atoms with Gasteiger partial charge in [-0.25, -0.2) is 9.97 Å². The first kappa shape index (κ1) is 16.6. The van der Waals surface area contributed by atoms with E-state index >= 15 is 0 Å². The number of hydrogen-bond acceptors (Lipinski definition) is 6.